The Balaban J connectivity index is 1.61. The predicted molar refractivity (Wildman–Crippen MR) is 92.3 cm³/mol. The van der Waals surface area contributed by atoms with Gasteiger partial charge in [0.1, 0.15) is 0 Å². The first kappa shape index (κ1) is 16.2. The second kappa shape index (κ2) is 5.92. The van der Waals surface area contributed by atoms with Gasteiger partial charge in [-0.1, -0.05) is 36.4 Å². The summed E-state index contributed by atoms with van der Waals surface area (Å²) in [5.41, 5.74) is 3.75. The van der Waals surface area contributed by atoms with Crippen LogP contribution in [0.5, 0.6) is 0 Å². The summed E-state index contributed by atoms with van der Waals surface area (Å²) in [4.78, 5) is 5.72. The smallest absolute Gasteiger partial charge is 0.357 e. The van der Waals surface area contributed by atoms with Gasteiger partial charge in [-0.15, -0.1) is 0 Å². The van der Waals surface area contributed by atoms with Crippen LogP contribution in [0.4, 0.5) is 13.2 Å². The van der Waals surface area contributed by atoms with Crippen molar-refractivity contribution in [3.05, 3.63) is 70.9 Å². The minimum atomic E-state index is -4.30. The number of hydrogen-bond acceptors (Lipinski definition) is 1. The van der Waals surface area contributed by atoms with Gasteiger partial charge in [0.05, 0.1) is 5.56 Å². The van der Waals surface area contributed by atoms with Crippen LogP contribution in [0.2, 0.25) is 0 Å². The van der Waals surface area contributed by atoms with Crippen molar-refractivity contribution in [2.24, 2.45) is 0 Å². The number of rotatable bonds is 2. The average Bonchev–Trinajstić information content (AvgIpc) is 2.96. The molecule has 1 aromatic heterocycles. The maximum atomic E-state index is 12.9. The Morgan fingerprint density at radius 1 is 1.12 bits per heavy atom. The van der Waals surface area contributed by atoms with E-state index in [1.807, 2.05) is 12.1 Å². The highest BCUT2D eigenvalue weighted by atomic mass is 19.4. The second-order valence-electron chi connectivity index (χ2n) is 6.66. The number of para-hydroxylation sites is 1. The molecule has 1 unspecified atom stereocenters. The van der Waals surface area contributed by atoms with E-state index in [-0.39, 0.29) is 6.04 Å². The average molecular weight is 344 g/mol. The molecule has 1 aliphatic rings. The fourth-order valence-electron chi connectivity index (χ4n) is 3.77. The summed E-state index contributed by atoms with van der Waals surface area (Å²) in [6, 6.07) is 14.0. The summed E-state index contributed by atoms with van der Waals surface area (Å²) in [6.07, 6.45) is -3.39. The monoisotopic (exact) mass is 344 g/mol. The van der Waals surface area contributed by atoms with Gasteiger partial charge in [-0.3, -0.25) is 4.90 Å². The molecule has 2 nitrogen and oxygen atoms in total. The lowest BCUT2D eigenvalue weighted by Crippen LogP contribution is -2.33. The topological polar surface area (TPSA) is 19.0 Å². The molecule has 0 saturated heterocycles. The molecule has 5 heteroatoms. The second-order valence-corrected chi connectivity index (χ2v) is 6.66. The van der Waals surface area contributed by atoms with E-state index in [9.17, 15) is 13.2 Å². The number of hydrogen-bond donors (Lipinski definition) is 1. The fourth-order valence-corrected chi connectivity index (χ4v) is 3.77. The molecule has 0 fully saturated rings. The molecule has 0 bridgehead atoms. The molecule has 0 spiro atoms. The molecule has 4 rings (SSSR count). The number of fused-ring (bicyclic) bond motifs is 3. The molecule has 25 heavy (non-hydrogen) atoms. The van der Waals surface area contributed by atoms with Crippen LogP contribution in [0.3, 0.4) is 0 Å². The number of alkyl halides is 3. The van der Waals surface area contributed by atoms with Crippen molar-refractivity contribution in [2.75, 3.05) is 6.54 Å². The molecule has 1 N–H and O–H groups in total. The van der Waals surface area contributed by atoms with Gasteiger partial charge < -0.3 is 4.98 Å². The van der Waals surface area contributed by atoms with E-state index < -0.39 is 11.7 Å². The van der Waals surface area contributed by atoms with Gasteiger partial charge in [0.15, 0.2) is 0 Å². The lowest BCUT2D eigenvalue weighted by molar-refractivity contribution is -0.137. The minimum absolute atomic E-state index is 0.144. The van der Waals surface area contributed by atoms with Crippen molar-refractivity contribution in [1.82, 2.24) is 9.88 Å². The Kier molecular flexibility index (Phi) is 3.84. The van der Waals surface area contributed by atoms with Crippen LogP contribution in [0.25, 0.3) is 10.9 Å². The lowest BCUT2D eigenvalue weighted by Gasteiger charge is -2.33. The number of H-pyrrole nitrogens is 1. The number of aromatic nitrogens is 1. The molecular formula is C20H19F3N2. The molecule has 2 heterocycles. The van der Waals surface area contributed by atoms with Gasteiger partial charge in [-0.25, -0.2) is 0 Å². The molecule has 1 aliphatic heterocycles. The maximum Gasteiger partial charge on any atom is 0.416 e. The summed E-state index contributed by atoms with van der Waals surface area (Å²) in [5.74, 6) is 0. The number of nitrogens with one attached hydrogen (secondary N) is 1. The highest BCUT2D eigenvalue weighted by Crippen LogP contribution is 2.35. The van der Waals surface area contributed by atoms with E-state index in [1.165, 1.54) is 28.8 Å². The summed E-state index contributed by atoms with van der Waals surface area (Å²) >= 11 is 0. The van der Waals surface area contributed by atoms with Gasteiger partial charge in [-0.2, -0.15) is 13.2 Å². The Bertz CT molecular complexity index is 911. The molecule has 130 valence electrons. The number of benzene rings is 2. The standard InChI is InChI=1S/C20H19F3N2/c1-13-19-17(16-7-2-3-8-18(16)24-19)9-10-25(13)12-14-5-4-6-15(11-14)20(21,22)23/h2-8,11,13,24H,9-10,12H2,1H3. The van der Waals surface area contributed by atoms with Gasteiger partial charge in [0, 0.05) is 35.7 Å². The van der Waals surface area contributed by atoms with Crippen LogP contribution in [-0.4, -0.2) is 16.4 Å². The molecule has 3 aromatic rings. The quantitative estimate of drug-likeness (QED) is 0.668. The summed E-state index contributed by atoms with van der Waals surface area (Å²) in [6.45, 7) is 3.47. The van der Waals surface area contributed by atoms with Gasteiger partial charge in [0.2, 0.25) is 0 Å². The molecule has 0 aliphatic carbocycles. The van der Waals surface area contributed by atoms with Crippen LogP contribution in [-0.2, 0) is 19.1 Å². The van der Waals surface area contributed by atoms with Crippen LogP contribution in [0, 0.1) is 0 Å². The third kappa shape index (κ3) is 2.93. The normalized spacial score (nSPS) is 18.5. The highest BCUT2D eigenvalue weighted by Gasteiger charge is 2.31. The fraction of sp³-hybridized carbons (Fsp3) is 0.300. The number of halogens is 3. The van der Waals surface area contributed by atoms with Gasteiger partial charge in [-0.05, 0) is 36.6 Å². The van der Waals surface area contributed by atoms with Crippen LogP contribution in [0.15, 0.2) is 48.5 Å². The zero-order chi connectivity index (χ0) is 17.6. The van der Waals surface area contributed by atoms with E-state index in [0.29, 0.717) is 12.1 Å². The number of nitrogens with zero attached hydrogens (tertiary/aromatic N) is 1. The molecular weight excluding hydrogens is 325 g/mol. The first-order chi connectivity index (χ1) is 11.9. The van der Waals surface area contributed by atoms with Crippen molar-refractivity contribution in [2.45, 2.75) is 32.1 Å². The maximum absolute atomic E-state index is 12.9. The third-order valence-corrected chi connectivity index (χ3v) is 5.10. The van der Waals surface area contributed by atoms with Crippen molar-refractivity contribution >= 4 is 10.9 Å². The molecule has 0 amide bonds. The van der Waals surface area contributed by atoms with Crippen molar-refractivity contribution in [3.63, 3.8) is 0 Å². The van der Waals surface area contributed by atoms with E-state index >= 15 is 0 Å². The Hall–Kier alpha value is -2.27. The summed E-state index contributed by atoms with van der Waals surface area (Å²) in [7, 11) is 0. The predicted octanol–water partition coefficient (Wildman–Crippen LogP) is 5.31. The van der Waals surface area contributed by atoms with Gasteiger partial charge >= 0.3 is 6.18 Å². The van der Waals surface area contributed by atoms with Crippen LogP contribution in [0.1, 0.15) is 35.3 Å². The van der Waals surface area contributed by atoms with Crippen LogP contribution < -0.4 is 0 Å². The molecule has 1 atom stereocenters. The van der Waals surface area contributed by atoms with E-state index in [0.717, 1.165) is 24.5 Å². The lowest BCUT2D eigenvalue weighted by atomic mass is 9.97. The van der Waals surface area contributed by atoms with Gasteiger partial charge in [0.25, 0.3) is 0 Å². The summed E-state index contributed by atoms with van der Waals surface area (Å²) < 4.78 is 38.8. The zero-order valence-corrected chi connectivity index (χ0v) is 13.9. The Morgan fingerprint density at radius 3 is 2.72 bits per heavy atom. The zero-order valence-electron chi connectivity index (χ0n) is 13.9. The highest BCUT2D eigenvalue weighted by molar-refractivity contribution is 5.85. The van der Waals surface area contributed by atoms with Crippen molar-refractivity contribution in [3.8, 4) is 0 Å². The largest absolute Gasteiger partial charge is 0.416 e. The van der Waals surface area contributed by atoms with Crippen molar-refractivity contribution in [1.29, 1.82) is 0 Å². The van der Waals surface area contributed by atoms with E-state index in [2.05, 4.69) is 28.9 Å². The van der Waals surface area contributed by atoms with E-state index in [1.54, 1.807) is 6.07 Å². The minimum Gasteiger partial charge on any atom is -0.357 e. The molecule has 0 radical (unpaired) electrons. The van der Waals surface area contributed by atoms with E-state index in [4.69, 9.17) is 0 Å². The number of aromatic amines is 1. The van der Waals surface area contributed by atoms with Crippen LogP contribution >= 0.6 is 0 Å². The Morgan fingerprint density at radius 2 is 1.92 bits per heavy atom. The Labute approximate surface area is 144 Å². The first-order valence-electron chi connectivity index (χ1n) is 8.43. The van der Waals surface area contributed by atoms with Crippen molar-refractivity contribution < 1.29 is 13.2 Å². The third-order valence-electron chi connectivity index (χ3n) is 5.10. The molecule has 2 aromatic carbocycles. The SMILES string of the molecule is CC1c2[nH]c3ccccc3c2CCN1Cc1cccc(C(F)(F)F)c1. The molecule has 0 saturated carbocycles. The first-order valence-corrected chi connectivity index (χ1v) is 8.43. The summed E-state index contributed by atoms with van der Waals surface area (Å²) in [5, 5.41) is 1.25.